The lowest BCUT2D eigenvalue weighted by Gasteiger charge is -2.33. The molecule has 1 fully saturated rings. The highest BCUT2D eigenvalue weighted by molar-refractivity contribution is 7.91. The summed E-state index contributed by atoms with van der Waals surface area (Å²) in [5.74, 6) is 0.868. The number of hydrogen-bond donors (Lipinski definition) is 0. The Kier molecular flexibility index (Phi) is 6.34. The van der Waals surface area contributed by atoms with E-state index in [9.17, 15) is 8.42 Å². The maximum Gasteiger partial charge on any atom is 0.252 e. The van der Waals surface area contributed by atoms with Crippen molar-refractivity contribution in [3.63, 3.8) is 0 Å². The molecule has 26 heavy (non-hydrogen) atoms. The van der Waals surface area contributed by atoms with Gasteiger partial charge in [0.2, 0.25) is 0 Å². The van der Waals surface area contributed by atoms with Crippen LogP contribution in [0.2, 0.25) is 0 Å². The first-order valence-electron chi connectivity index (χ1n) is 8.97. The second-order valence-corrected chi connectivity index (χ2v) is 9.75. The van der Waals surface area contributed by atoms with Crippen LogP contribution >= 0.6 is 11.3 Å². The lowest BCUT2D eigenvalue weighted by molar-refractivity contribution is 0.190. The van der Waals surface area contributed by atoms with E-state index in [-0.39, 0.29) is 0 Å². The Hall–Kier alpha value is -1.41. The monoisotopic (exact) mass is 394 g/mol. The minimum absolute atomic E-state index is 0.473. The SMILES string of the molecule is CCc1ccc(S(=O)(=O)N2CCN(CCc3ccc(OC)cc3)CC2)s1. The van der Waals surface area contributed by atoms with Crippen LogP contribution in [0.1, 0.15) is 17.4 Å². The van der Waals surface area contributed by atoms with Gasteiger partial charge >= 0.3 is 0 Å². The van der Waals surface area contributed by atoms with Crippen LogP contribution in [0.4, 0.5) is 0 Å². The average molecular weight is 395 g/mol. The molecule has 2 aromatic rings. The van der Waals surface area contributed by atoms with Crippen molar-refractivity contribution in [2.75, 3.05) is 39.8 Å². The topological polar surface area (TPSA) is 49.9 Å². The van der Waals surface area contributed by atoms with Gasteiger partial charge in [-0.2, -0.15) is 4.31 Å². The van der Waals surface area contributed by atoms with Gasteiger partial charge in [-0.05, 0) is 42.7 Å². The zero-order valence-corrected chi connectivity index (χ0v) is 17.0. The number of ether oxygens (including phenoxy) is 1. The molecule has 2 heterocycles. The van der Waals surface area contributed by atoms with Crippen molar-refractivity contribution in [2.45, 2.75) is 24.0 Å². The molecule has 1 saturated heterocycles. The lowest BCUT2D eigenvalue weighted by Crippen LogP contribution is -2.48. The fraction of sp³-hybridized carbons (Fsp3) is 0.474. The normalized spacial score (nSPS) is 16.7. The van der Waals surface area contributed by atoms with Crippen molar-refractivity contribution in [1.82, 2.24) is 9.21 Å². The van der Waals surface area contributed by atoms with Gasteiger partial charge in [-0.3, -0.25) is 0 Å². The van der Waals surface area contributed by atoms with E-state index in [1.165, 1.54) is 16.9 Å². The Labute approximate surface area is 160 Å². The molecule has 1 aromatic heterocycles. The molecule has 7 heteroatoms. The van der Waals surface area contributed by atoms with Crippen molar-refractivity contribution in [3.05, 3.63) is 46.8 Å². The quantitative estimate of drug-likeness (QED) is 0.725. The van der Waals surface area contributed by atoms with Gasteiger partial charge < -0.3 is 9.64 Å². The minimum atomic E-state index is -3.34. The molecule has 0 unspecified atom stereocenters. The van der Waals surface area contributed by atoms with Gasteiger partial charge in [-0.1, -0.05) is 19.1 Å². The van der Waals surface area contributed by atoms with Gasteiger partial charge in [0, 0.05) is 37.6 Å². The Morgan fingerprint density at radius 2 is 1.73 bits per heavy atom. The van der Waals surface area contributed by atoms with Crippen molar-refractivity contribution in [2.24, 2.45) is 0 Å². The van der Waals surface area contributed by atoms with Crippen LogP contribution < -0.4 is 4.74 Å². The third kappa shape index (κ3) is 4.46. The highest BCUT2D eigenvalue weighted by atomic mass is 32.2. The molecular formula is C19H26N2O3S2. The molecule has 1 aromatic carbocycles. The van der Waals surface area contributed by atoms with E-state index < -0.39 is 10.0 Å². The van der Waals surface area contributed by atoms with E-state index in [1.807, 2.05) is 25.1 Å². The largest absolute Gasteiger partial charge is 0.497 e. The molecule has 142 valence electrons. The van der Waals surface area contributed by atoms with Crippen molar-refractivity contribution in [1.29, 1.82) is 0 Å². The third-order valence-corrected chi connectivity index (χ3v) is 8.38. The number of sulfonamides is 1. The van der Waals surface area contributed by atoms with E-state index in [4.69, 9.17) is 4.74 Å². The van der Waals surface area contributed by atoms with E-state index >= 15 is 0 Å². The molecule has 1 aliphatic rings. The summed E-state index contributed by atoms with van der Waals surface area (Å²) in [4.78, 5) is 3.45. The van der Waals surface area contributed by atoms with Crippen LogP contribution in [0.25, 0.3) is 0 Å². The maximum atomic E-state index is 12.8. The Bertz CT molecular complexity index is 808. The number of benzene rings is 1. The summed E-state index contributed by atoms with van der Waals surface area (Å²) in [6.45, 7) is 5.67. The minimum Gasteiger partial charge on any atom is -0.497 e. The Morgan fingerprint density at radius 3 is 2.31 bits per heavy atom. The smallest absolute Gasteiger partial charge is 0.252 e. The van der Waals surface area contributed by atoms with Gasteiger partial charge in [-0.25, -0.2) is 8.42 Å². The third-order valence-electron chi connectivity index (χ3n) is 4.79. The van der Waals surface area contributed by atoms with Crippen molar-refractivity contribution in [3.8, 4) is 5.75 Å². The highest BCUT2D eigenvalue weighted by Gasteiger charge is 2.29. The molecular weight excluding hydrogens is 368 g/mol. The summed E-state index contributed by atoms with van der Waals surface area (Å²) in [6, 6.07) is 11.8. The molecule has 5 nitrogen and oxygen atoms in total. The first-order valence-corrected chi connectivity index (χ1v) is 11.2. The average Bonchev–Trinajstić information content (AvgIpc) is 3.17. The predicted octanol–water partition coefficient (Wildman–Crippen LogP) is 2.87. The summed E-state index contributed by atoms with van der Waals surface area (Å²) in [7, 11) is -1.67. The fourth-order valence-corrected chi connectivity index (χ4v) is 5.96. The van der Waals surface area contributed by atoms with Gasteiger partial charge in [0.15, 0.2) is 0 Å². The highest BCUT2D eigenvalue weighted by Crippen LogP contribution is 2.26. The number of piperazine rings is 1. The summed E-state index contributed by atoms with van der Waals surface area (Å²) < 4.78 is 32.8. The second-order valence-electron chi connectivity index (χ2n) is 6.42. The Morgan fingerprint density at radius 1 is 1.04 bits per heavy atom. The summed E-state index contributed by atoms with van der Waals surface area (Å²) in [6.07, 6.45) is 1.83. The molecule has 0 spiro atoms. The van der Waals surface area contributed by atoms with Crippen LogP contribution in [0.5, 0.6) is 5.75 Å². The Balaban J connectivity index is 1.51. The molecule has 0 aliphatic carbocycles. The maximum absolute atomic E-state index is 12.8. The fourth-order valence-electron chi connectivity index (χ4n) is 3.09. The second kappa shape index (κ2) is 8.52. The molecule has 0 N–H and O–H groups in total. The van der Waals surface area contributed by atoms with Gasteiger partial charge in [0.25, 0.3) is 10.0 Å². The van der Waals surface area contributed by atoms with E-state index in [0.29, 0.717) is 17.3 Å². The van der Waals surface area contributed by atoms with Crippen LogP contribution in [-0.4, -0.2) is 57.5 Å². The molecule has 0 bridgehead atoms. The van der Waals surface area contributed by atoms with Crippen LogP contribution in [0.3, 0.4) is 0 Å². The van der Waals surface area contributed by atoms with Gasteiger partial charge in [-0.15, -0.1) is 11.3 Å². The molecule has 0 radical (unpaired) electrons. The van der Waals surface area contributed by atoms with Gasteiger partial charge in [0.1, 0.15) is 9.96 Å². The van der Waals surface area contributed by atoms with Gasteiger partial charge in [0.05, 0.1) is 7.11 Å². The van der Waals surface area contributed by atoms with E-state index in [0.717, 1.165) is 43.1 Å². The van der Waals surface area contributed by atoms with Crippen LogP contribution in [0.15, 0.2) is 40.6 Å². The molecule has 1 aliphatic heterocycles. The van der Waals surface area contributed by atoms with Crippen LogP contribution in [-0.2, 0) is 22.9 Å². The number of hydrogen-bond acceptors (Lipinski definition) is 5. The lowest BCUT2D eigenvalue weighted by atomic mass is 10.1. The summed E-state index contributed by atoms with van der Waals surface area (Å²) in [5, 5.41) is 0. The number of rotatable bonds is 7. The summed E-state index contributed by atoms with van der Waals surface area (Å²) >= 11 is 1.39. The molecule has 3 rings (SSSR count). The summed E-state index contributed by atoms with van der Waals surface area (Å²) in [5.41, 5.74) is 1.27. The molecule has 0 saturated carbocycles. The number of thiophene rings is 1. The zero-order valence-electron chi connectivity index (χ0n) is 15.3. The van der Waals surface area contributed by atoms with Crippen molar-refractivity contribution < 1.29 is 13.2 Å². The van der Waals surface area contributed by atoms with E-state index in [1.54, 1.807) is 17.5 Å². The predicted molar refractivity (Wildman–Crippen MR) is 106 cm³/mol. The number of nitrogens with zero attached hydrogens (tertiary/aromatic N) is 2. The standard InChI is InChI=1S/C19H26N2O3S2/c1-3-18-8-9-19(25-18)26(22,23)21-14-12-20(13-15-21)11-10-16-4-6-17(24-2)7-5-16/h4-9H,3,10-15H2,1-2H3. The zero-order chi connectivity index (χ0) is 18.6. The van der Waals surface area contributed by atoms with Crippen LogP contribution in [0, 0.1) is 0 Å². The first kappa shape index (κ1) is 19.4. The molecule has 0 amide bonds. The van der Waals surface area contributed by atoms with E-state index in [2.05, 4.69) is 17.0 Å². The van der Waals surface area contributed by atoms with Crippen molar-refractivity contribution >= 4 is 21.4 Å². The molecule has 0 atom stereocenters. The first-order chi connectivity index (χ1) is 12.5. The number of methoxy groups -OCH3 is 1. The number of aryl methyl sites for hydroxylation is 1.